The summed E-state index contributed by atoms with van der Waals surface area (Å²) in [7, 11) is 3.19. The Morgan fingerprint density at radius 2 is 1.72 bits per heavy atom. The molecule has 0 unspecified atom stereocenters. The second-order valence-corrected chi connectivity index (χ2v) is 10.7. The van der Waals surface area contributed by atoms with Crippen molar-refractivity contribution in [2.45, 2.75) is 31.4 Å². The fourth-order valence-corrected chi connectivity index (χ4v) is 6.29. The summed E-state index contributed by atoms with van der Waals surface area (Å²) < 4.78 is 0. The number of aliphatic hydroxyl groups is 3. The molecule has 2 aromatic carbocycles. The molecule has 0 saturated carbocycles. The Hall–Kier alpha value is -4.21. The number of nitrogens with two attached hydrogens (primary N) is 1. The molecular weight excluding hydrogens is 500 g/mol. The molecule has 202 valence electrons. The van der Waals surface area contributed by atoms with Gasteiger partial charge >= 0.3 is 0 Å². The first-order chi connectivity index (χ1) is 18.4. The molecule has 0 heterocycles. The maximum Gasteiger partial charge on any atom is 0.255 e. The van der Waals surface area contributed by atoms with Crippen molar-refractivity contribution in [1.82, 2.24) is 4.90 Å². The van der Waals surface area contributed by atoms with Gasteiger partial charge in [-0.25, -0.2) is 0 Å². The van der Waals surface area contributed by atoms with Gasteiger partial charge in [0.25, 0.3) is 5.91 Å². The molecule has 0 bridgehead atoms. The first-order valence-corrected chi connectivity index (χ1v) is 12.6. The van der Waals surface area contributed by atoms with Crippen LogP contribution in [0.3, 0.4) is 0 Å². The molecule has 1 amide bonds. The van der Waals surface area contributed by atoms with E-state index in [4.69, 9.17) is 5.73 Å². The van der Waals surface area contributed by atoms with Gasteiger partial charge in [-0.3, -0.25) is 19.3 Å². The summed E-state index contributed by atoms with van der Waals surface area (Å²) in [5.74, 6) is -6.64. The van der Waals surface area contributed by atoms with Gasteiger partial charge in [0.15, 0.2) is 11.4 Å². The van der Waals surface area contributed by atoms with Crippen LogP contribution in [0.5, 0.6) is 5.75 Å². The van der Waals surface area contributed by atoms with Crippen molar-refractivity contribution in [3.8, 4) is 5.75 Å². The van der Waals surface area contributed by atoms with Crippen LogP contribution in [0, 0.1) is 18.8 Å². The minimum absolute atomic E-state index is 0.0122. The number of fused-ring (bicyclic) bond motifs is 3. The predicted molar refractivity (Wildman–Crippen MR) is 144 cm³/mol. The number of Topliss-reactive ketones (excluding diaryl/α,β-unsaturated/α-hetero) is 2. The average Bonchev–Trinajstić information content (AvgIpc) is 2.86. The van der Waals surface area contributed by atoms with Crippen molar-refractivity contribution in [3.05, 3.63) is 86.9 Å². The Balaban J connectivity index is 1.65. The van der Waals surface area contributed by atoms with Crippen LogP contribution in [-0.4, -0.2) is 68.5 Å². The van der Waals surface area contributed by atoms with E-state index in [0.717, 1.165) is 11.1 Å². The third kappa shape index (κ3) is 3.88. The van der Waals surface area contributed by atoms with Crippen LogP contribution in [0.25, 0.3) is 12.2 Å². The van der Waals surface area contributed by atoms with Crippen LogP contribution in [0.4, 0.5) is 0 Å². The molecule has 3 aliphatic rings. The lowest BCUT2D eigenvalue weighted by atomic mass is 9.58. The number of nitrogens with zero attached hydrogens (tertiary/aromatic N) is 1. The van der Waals surface area contributed by atoms with Crippen molar-refractivity contribution in [2.24, 2.45) is 17.6 Å². The summed E-state index contributed by atoms with van der Waals surface area (Å²) in [6.07, 6.45) is 4.03. The summed E-state index contributed by atoms with van der Waals surface area (Å²) in [5.41, 5.74) is 5.06. The van der Waals surface area contributed by atoms with Crippen molar-refractivity contribution in [3.63, 3.8) is 0 Å². The van der Waals surface area contributed by atoms with Crippen LogP contribution in [0.15, 0.2) is 59.1 Å². The zero-order valence-corrected chi connectivity index (χ0v) is 21.8. The zero-order chi connectivity index (χ0) is 28.4. The maximum atomic E-state index is 13.8. The van der Waals surface area contributed by atoms with Crippen LogP contribution >= 0.6 is 0 Å². The molecule has 3 aliphatic carbocycles. The number of carbonyl (C=O) groups excluding carboxylic acids is 3. The van der Waals surface area contributed by atoms with E-state index >= 15 is 0 Å². The van der Waals surface area contributed by atoms with Gasteiger partial charge in [0, 0.05) is 11.5 Å². The summed E-state index contributed by atoms with van der Waals surface area (Å²) in [5, 5.41) is 44.6. The molecule has 0 spiro atoms. The molecule has 0 aromatic heterocycles. The van der Waals surface area contributed by atoms with Crippen LogP contribution in [-0.2, 0) is 16.0 Å². The molecule has 5 rings (SSSR count). The number of ketones is 2. The molecule has 0 aliphatic heterocycles. The number of hydrogen-bond acceptors (Lipinski definition) is 8. The Kier molecular flexibility index (Phi) is 6.24. The van der Waals surface area contributed by atoms with E-state index in [1.54, 1.807) is 20.2 Å². The minimum Gasteiger partial charge on any atom is -0.510 e. The van der Waals surface area contributed by atoms with Crippen molar-refractivity contribution >= 4 is 29.6 Å². The fourth-order valence-electron chi connectivity index (χ4n) is 6.29. The van der Waals surface area contributed by atoms with Gasteiger partial charge in [0.05, 0.1) is 11.6 Å². The second-order valence-electron chi connectivity index (χ2n) is 10.7. The van der Waals surface area contributed by atoms with Gasteiger partial charge in [-0.05, 0) is 62.5 Å². The fraction of sp³-hybridized carbons (Fsp3) is 0.300. The van der Waals surface area contributed by atoms with E-state index in [9.17, 15) is 34.8 Å². The largest absolute Gasteiger partial charge is 0.510 e. The molecule has 4 atom stereocenters. The lowest BCUT2D eigenvalue weighted by Crippen LogP contribution is -2.63. The number of phenolic OH excluding ortho intramolecular Hbond substituents is 1. The Bertz CT molecular complexity index is 1520. The summed E-state index contributed by atoms with van der Waals surface area (Å²) in [4.78, 5) is 40.7. The van der Waals surface area contributed by atoms with Crippen LogP contribution in [0.2, 0.25) is 0 Å². The molecule has 9 heteroatoms. The molecular formula is C30H30N2O7. The van der Waals surface area contributed by atoms with Crippen molar-refractivity contribution in [1.29, 1.82) is 0 Å². The van der Waals surface area contributed by atoms with E-state index < -0.39 is 58.0 Å². The number of aromatic hydroxyl groups is 1. The Morgan fingerprint density at radius 1 is 1.05 bits per heavy atom. The van der Waals surface area contributed by atoms with Gasteiger partial charge in [-0.1, -0.05) is 48.0 Å². The van der Waals surface area contributed by atoms with E-state index in [2.05, 4.69) is 0 Å². The van der Waals surface area contributed by atoms with E-state index in [-0.39, 0.29) is 29.7 Å². The number of carbonyl (C=O) groups is 3. The number of hydrogen-bond donors (Lipinski definition) is 5. The van der Waals surface area contributed by atoms with E-state index in [0.29, 0.717) is 11.1 Å². The molecule has 6 N–H and O–H groups in total. The normalized spacial score (nSPS) is 26.6. The third-order valence-electron chi connectivity index (χ3n) is 8.17. The number of benzene rings is 2. The number of likely N-dealkylation sites (N-methyl/N-ethyl adjacent to an activating group) is 1. The number of aliphatic hydroxyl groups excluding tert-OH is 2. The van der Waals surface area contributed by atoms with Gasteiger partial charge in [-0.2, -0.15) is 0 Å². The molecule has 9 nitrogen and oxygen atoms in total. The third-order valence-corrected chi connectivity index (χ3v) is 8.17. The quantitative estimate of drug-likeness (QED) is 0.298. The highest BCUT2D eigenvalue weighted by atomic mass is 16.3. The number of phenols is 1. The van der Waals surface area contributed by atoms with Crippen LogP contribution < -0.4 is 5.73 Å². The molecule has 0 fully saturated rings. The highest BCUT2D eigenvalue weighted by Gasteiger charge is 2.63. The lowest BCUT2D eigenvalue weighted by molar-refractivity contribution is -0.148. The first kappa shape index (κ1) is 26.4. The van der Waals surface area contributed by atoms with E-state index in [1.807, 2.05) is 43.3 Å². The zero-order valence-electron chi connectivity index (χ0n) is 21.8. The smallest absolute Gasteiger partial charge is 0.255 e. The maximum absolute atomic E-state index is 13.8. The lowest BCUT2D eigenvalue weighted by Gasteiger charge is -2.50. The minimum atomic E-state index is -2.65. The Morgan fingerprint density at radius 3 is 2.33 bits per heavy atom. The standard InChI is InChI=1S/C30H30N2O7/c1-14-4-6-15(7-5-14)8-9-16-10-11-20(33)22-18(16)12-17-13-19-24(32(2)3)26(35)23(29(31)38)28(37)30(19,39)27(36)21(17)25(22)34/h4-11,17,19,24,33,35-36,39H,12-13H2,1-3H3,(H2,31,38)/b9-8+/t17-,19-,24+,30+/m0/s1. The summed E-state index contributed by atoms with van der Waals surface area (Å²) in [6, 6.07) is 9.97. The monoisotopic (exact) mass is 530 g/mol. The Labute approximate surface area is 225 Å². The number of primary amides is 1. The number of amides is 1. The molecule has 0 saturated heterocycles. The first-order valence-electron chi connectivity index (χ1n) is 12.6. The highest BCUT2D eigenvalue weighted by Crippen LogP contribution is 2.52. The van der Waals surface area contributed by atoms with E-state index in [1.165, 1.54) is 11.0 Å². The molecule has 0 radical (unpaired) electrons. The number of aryl methyl sites for hydroxylation is 1. The summed E-state index contributed by atoms with van der Waals surface area (Å²) >= 11 is 0. The van der Waals surface area contributed by atoms with Gasteiger partial charge in [0.2, 0.25) is 5.78 Å². The topological polar surface area (TPSA) is 161 Å². The average molecular weight is 531 g/mol. The predicted octanol–water partition coefficient (Wildman–Crippen LogP) is 2.60. The van der Waals surface area contributed by atoms with Crippen molar-refractivity contribution in [2.75, 3.05) is 14.1 Å². The van der Waals surface area contributed by atoms with Gasteiger partial charge < -0.3 is 26.2 Å². The van der Waals surface area contributed by atoms with Gasteiger partial charge in [0.1, 0.15) is 22.8 Å². The highest BCUT2D eigenvalue weighted by molar-refractivity contribution is 6.24. The number of allylic oxidation sites excluding steroid dienone is 1. The second kappa shape index (κ2) is 9.21. The molecule has 2 aromatic rings. The SMILES string of the molecule is Cc1ccc(/C=C/c2ccc(O)c3c2C[C@H]2C[C@H]4[C@@H](N(C)C)C(O)=C(C(N)=O)C(=O)[C@]4(O)C(O)=C2C3=O)cc1. The molecule has 39 heavy (non-hydrogen) atoms. The van der Waals surface area contributed by atoms with Crippen molar-refractivity contribution < 1.29 is 34.8 Å². The van der Waals surface area contributed by atoms with Crippen LogP contribution in [0.1, 0.15) is 39.0 Å². The number of rotatable bonds is 4. The van der Waals surface area contributed by atoms with Gasteiger partial charge in [-0.15, -0.1) is 0 Å². The summed E-state index contributed by atoms with van der Waals surface area (Å²) in [6.45, 7) is 1.99.